The quantitative estimate of drug-likeness (QED) is 0.0623. The number of anilines is 3. The van der Waals surface area contributed by atoms with E-state index in [0.717, 1.165) is 12.1 Å². The molecule has 0 saturated carbocycles. The summed E-state index contributed by atoms with van der Waals surface area (Å²) in [6.45, 7) is 3.11. The molecule has 0 bridgehead atoms. The molecule has 3 rings (SSSR count). The molecule has 0 aliphatic heterocycles. The highest BCUT2D eigenvalue weighted by Crippen LogP contribution is 2.31. The predicted octanol–water partition coefficient (Wildman–Crippen LogP) is 2.49. The zero-order chi connectivity index (χ0) is 33.4. The van der Waals surface area contributed by atoms with E-state index in [9.17, 15) is 35.4 Å². The lowest BCUT2D eigenvalue weighted by molar-refractivity contribution is -0.385. The number of non-ortho nitro benzene ring substituents is 1. The van der Waals surface area contributed by atoms with Crippen LogP contribution in [0.4, 0.5) is 34.1 Å². The van der Waals surface area contributed by atoms with Crippen LogP contribution in [0.3, 0.4) is 0 Å². The molecule has 44 heavy (non-hydrogen) atoms. The van der Waals surface area contributed by atoms with E-state index in [4.69, 9.17) is 25.5 Å². The molecule has 0 aliphatic carbocycles. The van der Waals surface area contributed by atoms with E-state index >= 15 is 0 Å². The van der Waals surface area contributed by atoms with E-state index in [-0.39, 0.29) is 60.6 Å². The number of nitrogens with zero attached hydrogens (tertiary/aromatic N) is 4. The monoisotopic (exact) mass is 622 g/mol. The first-order chi connectivity index (χ1) is 20.7. The van der Waals surface area contributed by atoms with Gasteiger partial charge in [-0.25, -0.2) is 0 Å². The first-order valence-corrected chi connectivity index (χ1v) is 12.8. The minimum atomic E-state index is -0.891. The van der Waals surface area contributed by atoms with E-state index in [0.29, 0.717) is 11.4 Å². The van der Waals surface area contributed by atoms with Gasteiger partial charge in [0.05, 0.1) is 45.8 Å². The Labute approximate surface area is 250 Å². The summed E-state index contributed by atoms with van der Waals surface area (Å²) in [5.41, 5.74) is 0.317. The molecule has 3 aromatic carbocycles. The van der Waals surface area contributed by atoms with Gasteiger partial charge in [0.25, 0.3) is 17.1 Å². The van der Waals surface area contributed by atoms with E-state index < -0.39 is 27.2 Å². The summed E-state index contributed by atoms with van der Waals surface area (Å²) < 4.78 is 0. The Kier molecular flexibility index (Phi) is 15.3. The first kappa shape index (κ1) is 36.7. The second-order valence-corrected chi connectivity index (χ2v) is 8.74. The molecule has 0 radical (unpaired) electrons. The predicted molar refractivity (Wildman–Crippen MR) is 160 cm³/mol. The Hall–Kier alpha value is -5.30. The van der Waals surface area contributed by atoms with Gasteiger partial charge in [-0.1, -0.05) is 12.1 Å². The number of benzene rings is 3. The van der Waals surface area contributed by atoms with Gasteiger partial charge in [-0.2, -0.15) is 0 Å². The number of phenols is 2. The minimum absolute atomic E-state index is 0.0385. The van der Waals surface area contributed by atoms with Crippen molar-refractivity contribution in [1.82, 2.24) is 0 Å². The highest BCUT2D eigenvalue weighted by Gasteiger charge is 2.16. The third kappa shape index (κ3) is 12.3. The molecule has 2 unspecified atom stereocenters. The number of hydrogen-bond acceptors (Lipinski definition) is 15. The van der Waals surface area contributed by atoms with Crippen LogP contribution in [0.5, 0.6) is 11.5 Å². The zero-order valence-corrected chi connectivity index (χ0v) is 23.7. The number of aliphatic hydroxyl groups excluding tert-OH is 4. The van der Waals surface area contributed by atoms with Crippen LogP contribution in [0, 0.1) is 30.3 Å². The fourth-order valence-corrected chi connectivity index (χ4v) is 3.49. The van der Waals surface area contributed by atoms with E-state index in [1.807, 2.05) is 0 Å². The van der Waals surface area contributed by atoms with Crippen LogP contribution in [0.1, 0.15) is 13.8 Å². The lowest BCUT2D eigenvalue weighted by Crippen LogP contribution is -2.29. The zero-order valence-electron chi connectivity index (χ0n) is 23.7. The SMILES string of the molecule is CC(O)Nc1ccc(O)cc1[N+](=O)[O-].CC(O)Nc1ccccc1[N+](=O)[O-].O=[N+]([O-])c1ccc(N(CCO)CCO)c(O)c1. The number of nitro benzene ring substituents is 3. The van der Waals surface area contributed by atoms with Gasteiger partial charge in [0.1, 0.15) is 35.3 Å². The Bertz CT molecular complexity index is 1380. The van der Waals surface area contributed by atoms with Gasteiger partial charge in [-0.15, -0.1) is 0 Å². The van der Waals surface area contributed by atoms with Crippen molar-refractivity contribution in [2.45, 2.75) is 26.3 Å². The van der Waals surface area contributed by atoms with Crippen molar-refractivity contribution in [3.8, 4) is 11.5 Å². The van der Waals surface area contributed by atoms with Crippen molar-refractivity contribution in [3.63, 3.8) is 0 Å². The minimum Gasteiger partial charge on any atom is -0.508 e. The molecule has 0 aromatic heterocycles. The highest BCUT2D eigenvalue weighted by molar-refractivity contribution is 5.64. The molecule has 240 valence electrons. The van der Waals surface area contributed by atoms with Crippen molar-refractivity contribution < 1.29 is 45.4 Å². The van der Waals surface area contributed by atoms with Crippen LogP contribution in [-0.4, -0.2) is 84.2 Å². The number of nitro groups is 3. The average Bonchev–Trinajstić information content (AvgIpc) is 2.94. The summed E-state index contributed by atoms with van der Waals surface area (Å²) in [6.07, 6.45) is -1.70. The molecule has 0 saturated heterocycles. The fraction of sp³-hybridized carbons (Fsp3) is 0.308. The Morgan fingerprint density at radius 3 is 1.70 bits per heavy atom. The average molecular weight is 623 g/mol. The molecular weight excluding hydrogens is 588 g/mol. The molecule has 0 fully saturated rings. The Morgan fingerprint density at radius 1 is 0.727 bits per heavy atom. The molecular formula is C26H34N6O12. The van der Waals surface area contributed by atoms with Crippen molar-refractivity contribution in [3.05, 3.63) is 91.0 Å². The summed E-state index contributed by atoms with van der Waals surface area (Å²) in [5.74, 6) is -0.436. The first-order valence-electron chi connectivity index (χ1n) is 12.8. The highest BCUT2D eigenvalue weighted by atomic mass is 16.6. The summed E-state index contributed by atoms with van der Waals surface area (Å²) in [5, 5.41) is 90.9. The van der Waals surface area contributed by atoms with Gasteiger partial charge in [0.2, 0.25) is 0 Å². The lowest BCUT2D eigenvalue weighted by atomic mass is 10.2. The van der Waals surface area contributed by atoms with Gasteiger partial charge < -0.3 is 46.2 Å². The van der Waals surface area contributed by atoms with Gasteiger partial charge in [-0.3, -0.25) is 30.3 Å². The second kappa shape index (κ2) is 18.3. The van der Waals surface area contributed by atoms with Crippen LogP contribution in [0.2, 0.25) is 0 Å². The van der Waals surface area contributed by atoms with Crippen molar-refractivity contribution in [1.29, 1.82) is 0 Å². The maximum atomic E-state index is 10.5. The molecule has 2 atom stereocenters. The Morgan fingerprint density at radius 2 is 1.25 bits per heavy atom. The van der Waals surface area contributed by atoms with Gasteiger partial charge in [0, 0.05) is 25.2 Å². The number of aliphatic hydroxyl groups is 4. The van der Waals surface area contributed by atoms with Crippen LogP contribution >= 0.6 is 0 Å². The molecule has 0 amide bonds. The largest absolute Gasteiger partial charge is 0.508 e. The number of hydrogen-bond donors (Lipinski definition) is 8. The maximum absolute atomic E-state index is 10.5. The van der Waals surface area contributed by atoms with Crippen LogP contribution in [0.15, 0.2) is 60.7 Å². The second-order valence-electron chi connectivity index (χ2n) is 8.74. The Balaban J connectivity index is 0.000000333. The third-order valence-corrected chi connectivity index (χ3v) is 5.26. The molecule has 18 heteroatoms. The maximum Gasteiger partial charge on any atom is 0.296 e. The normalized spacial score (nSPS) is 11.4. The number of para-hydroxylation sites is 2. The standard InChI is InChI=1S/C10H14N2O5.C8H10N2O4.C8H10N2O3/c13-5-3-11(4-6-14)9-2-1-8(12(16)17)7-10(9)15;1-5(11)9-7-3-2-6(12)4-8(7)10(13)14;1-6(11)9-7-4-2-3-5-8(7)10(12)13/h1-2,7,13-15H,3-6H2;2-5,9,11-12H,1H3;2-6,9,11H,1H3. The van der Waals surface area contributed by atoms with Crippen molar-refractivity contribution in [2.24, 2.45) is 0 Å². The van der Waals surface area contributed by atoms with Gasteiger partial charge >= 0.3 is 0 Å². The van der Waals surface area contributed by atoms with Gasteiger partial charge in [-0.05, 0) is 38.1 Å². The number of aromatic hydroxyl groups is 2. The van der Waals surface area contributed by atoms with E-state index in [1.165, 1.54) is 44.2 Å². The molecule has 0 aliphatic rings. The van der Waals surface area contributed by atoms with E-state index in [2.05, 4.69) is 10.6 Å². The van der Waals surface area contributed by atoms with Crippen LogP contribution < -0.4 is 15.5 Å². The molecule has 8 N–H and O–H groups in total. The number of phenolic OH excluding ortho intramolecular Hbond substituents is 2. The van der Waals surface area contributed by atoms with Crippen molar-refractivity contribution >= 4 is 34.1 Å². The number of nitrogens with one attached hydrogen (secondary N) is 2. The number of rotatable bonds is 12. The molecule has 0 spiro atoms. The molecule has 18 nitrogen and oxygen atoms in total. The summed E-state index contributed by atoms with van der Waals surface area (Å²) in [6, 6.07) is 13.5. The topological polar surface area (TPSA) is 278 Å². The smallest absolute Gasteiger partial charge is 0.296 e. The fourth-order valence-electron chi connectivity index (χ4n) is 3.49. The summed E-state index contributed by atoms with van der Waals surface area (Å²) in [7, 11) is 0. The van der Waals surface area contributed by atoms with Crippen LogP contribution in [0.25, 0.3) is 0 Å². The van der Waals surface area contributed by atoms with Crippen molar-refractivity contribution in [2.75, 3.05) is 41.8 Å². The summed E-state index contributed by atoms with van der Waals surface area (Å²) in [4.78, 5) is 31.3. The lowest BCUT2D eigenvalue weighted by Gasteiger charge is -2.23. The molecule has 0 heterocycles. The third-order valence-electron chi connectivity index (χ3n) is 5.26. The van der Waals surface area contributed by atoms with E-state index in [1.54, 1.807) is 23.1 Å². The van der Waals surface area contributed by atoms with Crippen LogP contribution in [-0.2, 0) is 0 Å². The molecule has 3 aromatic rings. The summed E-state index contributed by atoms with van der Waals surface area (Å²) >= 11 is 0. The van der Waals surface area contributed by atoms with Gasteiger partial charge in [0.15, 0.2) is 0 Å².